The van der Waals surface area contributed by atoms with E-state index in [1.807, 2.05) is 48.5 Å². The van der Waals surface area contributed by atoms with E-state index in [1.165, 1.54) is 0 Å². The second-order valence-corrected chi connectivity index (χ2v) is 6.54. The monoisotopic (exact) mass is 391 g/mol. The molecule has 0 saturated heterocycles. The number of hydrogen-bond acceptors (Lipinski definition) is 5. The van der Waals surface area contributed by atoms with Crippen molar-refractivity contribution in [1.82, 2.24) is 10.3 Å². The molecule has 0 unspecified atom stereocenters. The van der Waals surface area contributed by atoms with Crippen LogP contribution < -0.4 is 20.5 Å². The maximum Gasteiger partial charge on any atom is 0.255 e. The fraction of sp³-hybridized carbons (Fsp3) is 0.217. The molecule has 1 heterocycles. The van der Waals surface area contributed by atoms with Crippen LogP contribution in [0.3, 0.4) is 0 Å². The van der Waals surface area contributed by atoms with Crippen molar-refractivity contribution in [3.05, 3.63) is 78.0 Å². The van der Waals surface area contributed by atoms with Gasteiger partial charge in [-0.2, -0.15) is 0 Å². The number of aromatic nitrogens is 1. The Morgan fingerprint density at radius 3 is 2.31 bits per heavy atom. The Morgan fingerprint density at radius 2 is 1.66 bits per heavy atom. The number of anilines is 1. The SMILES string of the molecule is CCCCOc1ccc(Oc2ccc(CNC(=O)c3cccnc3N)cc2)cc1. The summed E-state index contributed by atoms with van der Waals surface area (Å²) in [6.07, 6.45) is 3.71. The van der Waals surface area contributed by atoms with Crippen LogP contribution in [0.25, 0.3) is 0 Å². The first-order valence-electron chi connectivity index (χ1n) is 9.64. The van der Waals surface area contributed by atoms with Crippen LogP contribution in [0.5, 0.6) is 17.2 Å². The van der Waals surface area contributed by atoms with E-state index in [4.69, 9.17) is 15.2 Å². The van der Waals surface area contributed by atoms with Crippen LogP contribution >= 0.6 is 0 Å². The number of nitrogens with two attached hydrogens (primary N) is 1. The van der Waals surface area contributed by atoms with Gasteiger partial charge >= 0.3 is 0 Å². The molecule has 0 aliphatic rings. The summed E-state index contributed by atoms with van der Waals surface area (Å²) >= 11 is 0. The van der Waals surface area contributed by atoms with Gasteiger partial charge in [0.05, 0.1) is 12.2 Å². The molecule has 0 aliphatic carbocycles. The van der Waals surface area contributed by atoms with Crippen molar-refractivity contribution in [3.8, 4) is 17.2 Å². The zero-order valence-electron chi connectivity index (χ0n) is 16.4. The molecule has 3 aromatic rings. The Kier molecular flexibility index (Phi) is 7.05. The van der Waals surface area contributed by atoms with Crippen LogP contribution in [0.2, 0.25) is 0 Å². The molecule has 2 aromatic carbocycles. The largest absolute Gasteiger partial charge is 0.494 e. The van der Waals surface area contributed by atoms with Crippen molar-refractivity contribution < 1.29 is 14.3 Å². The molecule has 1 aromatic heterocycles. The molecule has 0 aliphatic heterocycles. The number of hydrogen-bond donors (Lipinski definition) is 2. The lowest BCUT2D eigenvalue weighted by molar-refractivity contribution is 0.0951. The predicted molar refractivity (Wildman–Crippen MR) is 113 cm³/mol. The third kappa shape index (κ3) is 5.97. The lowest BCUT2D eigenvalue weighted by Gasteiger charge is -2.10. The fourth-order valence-corrected chi connectivity index (χ4v) is 2.64. The van der Waals surface area contributed by atoms with E-state index in [2.05, 4.69) is 17.2 Å². The molecule has 0 fully saturated rings. The average molecular weight is 391 g/mol. The first-order chi connectivity index (χ1) is 14.2. The molecule has 3 N–H and O–H groups in total. The van der Waals surface area contributed by atoms with Crippen LogP contribution in [0.15, 0.2) is 66.9 Å². The van der Waals surface area contributed by atoms with E-state index in [1.54, 1.807) is 18.3 Å². The molecule has 0 bridgehead atoms. The van der Waals surface area contributed by atoms with E-state index >= 15 is 0 Å². The number of benzene rings is 2. The van der Waals surface area contributed by atoms with Gasteiger partial charge in [-0.25, -0.2) is 4.98 Å². The topological polar surface area (TPSA) is 86.5 Å². The maximum atomic E-state index is 12.2. The first kappa shape index (κ1) is 20.2. The van der Waals surface area contributed by atoms with Crippen LogP contribution in [-0.4, -0.2) is 17.5 Å². The average Bonchev–Trinajstić information content (AvgIpc) is 2.75. The number of nitrogens with one attached hydrogen (secondary N) is 1. The predicted octanol–water partition coefficient (Wildman–Crippen LogP) is 4.57. The zero-order chi connectivity index (χ0) is 20.5. The Balaban J connectivity index is 1.51. The van der Waals surface area contributed by atoms with Gasteiger partial charge in [0.2, 0.25) is 0 Å². The number of unbranched alkanes of at least 4 members (excludes halogenated alkanes) is 1. The maximum absolute atomic E-state index is 12.2. The van der Waals surface area contributed by atoms with Crippen molar-refractivity contribution in [1.29, 1.82) is 0 Å². The van der Waals surface area contributed by atoms with Crippen LogP contribution in [-0.2, 0) is 6.54 Å². The summed E-state index contributed by atoms with van der Waals surface area (Å²) < 4.78 is 11.5. The molecule has 29 heavy (non-hydrogen) atoms. The van der Waals surface area contributed by atoms with E-state index in [0.29, 0.717) is 12.1 Å². The van der Waals surface area contributed by atoms with Crippen LogP contribution in [0, 0.1) is 0 Å². The lowest BCUT2D eigenvalue weighted by Crippen LogP contribution is -2.24. The fourth-order valence-electron chi connectivity index (χ4n) is 2.64. The minimum Gasteiger partial charge on any atom is -0.494 e. The normalized spacial score (nSPS) is 10.4. The number of carbonyl (C=O) groups excluding carboxylic acids is 1. The lowest BCUT2D eigenvalue weighted by atomic mass is 10.2. The summed E-state index contributed by atoms with van der Waals surface area (Å²) in [6.45, 7) is 3.25. The van der Waals surface area contributed by atoms with E-state index in [9.17, 15) is 4.79 Å². The minimum atomic E-state index is -0.253. The summed E-state index contributed by atoms with van der Waals surface area (Å²) in [4.78, 5) is 16.1. The first-order valence-corrected chi connectivity index (χ1v) is 9.64. The van der Waals surface area contributed by atoms with Gasteiger partial charge in [0.15, 0.2) is 0 Å². The molecular formula is C23H25N3O3. The Bertz CT molecular complexity index is 925. The number of amides is 1. The molecule has 3 rings (SSSR count). The van der Waals surface area contributed by atoms with Gasteiger partial charge in [0, 0.05) is 12.7 Å². The van der Waals surface area contributed by atoms with Crippen LogP contribution in [0.1, 0.15) is 35.7 Å². The Morgan fingerprint density at radius 1 is 1.00 bits per heavy atom. The molecule has 150 valence electrons. The molecular weight excluding hydrogens is 366 g/mol. The standard InChI is InChI=1S/C23H25N3O3/c1-2-3-15-28-18-10-12-20(13-11-18)29-19-8-6-17(7-9-19)16-26-23(27)21-5-4-14-25-22(21)24/h4-14H,2-3,15-16H2,1H3,(H2,24,25)(H,26,27). The van der Waals surface area contributed by atoms with E-state index < -0.39 is 0 Å². The van der Waals surface area contributed by atoms with Gasteiger partial charge in [0.25, 0.3) is 5.91 Å². The van der Waals surface area contributed by atoms with E-state index in [-0.39, 0.29) is 11.7 Å². The van der Waals surface area contributed by atoms with Gasteiger partial charge in [0.1, 0.15) is 23.1 Å². The van der Waals surface area contributed by atoms with Gasteiger partial charge in [-0.05, 0) is 60.5 Å². The number of ether oxygens (including phenoxy) is 2. The molecule has 0 saturated carbocycles. The number of rotatable bonds is 9. The third-order valence-corrected chi connectivity index (χ3v) is 4.29. The van der Waals surface area contributed by atoms with Gasteiger partial charge in [-0.3, -0.25) is 4.79 Å². The van der Waals surface area contributed by atoms with Gasteiger partial charge in [-0.15, -0.1) is 0 Å². The third-order valence-electron chi connectivity index (χ3n) is 4.29. The highest BCUT2D eigenvalue weighted by Crippen LogP contribution is 2.24. The Labute approximate surface area is 170 Å². The number of nitrogen functional groups attached to an aromatic ring is 1. The summed E-state index contributed by atoms with van der Waals surface area (Å²) in [7, 11) is 0. The summed E-state index contributed by atoms with van der Waals surface area (Å²) in [5, 5.41) is 2.84. The molecule has 6 heteroatoms. The minimum absolute atomic E-state index is 0.218. The van der Waals surface area contributed by atoms with Crippen molar-refractivity contribution in [2.75, 3.05) is 12.3 Å². The van der Waals surface area contributed by atoms with Crippen LogP contribution in [0.4, 0.5) is 5.82 Å². The highest BCUT2D eigenvalue weighted by Gasteiger charge is 2.09. The Hall–Kier alpha value is -3.54. The van der Waals surface area contributed by atoms with Crippen molar-refractivity contribution in [2.45, 2.75) is 26.3 Å². The molecule has 0 radical (unpaired) electrons. The quantitative estimate of drug-likeness (QED) is 0.522. The van der Waals surface area contributed by atoms with Crippen molar-refractivity contribution >= 4 is 11.7 Å². The molecule has 0 atom stereocenters. The smallest absolute Gasteiger partial charge is 0.255 e. The number of carbonyl (C=O) groups is 1. The number of pyridine rings is 1. The summed E-state index contributed by atoms with van der Waals surface area (Å²) in [6, 6.07) is 18.4. The van der Waals surface area contributed by atoms with Crippen molar-refractivity contribution in [3.63, 3.8) is 0 Å². The number of nitrogens with zero attached hydrogens (tertiary/aromatic N) is 1. The zero-order valence-corrected chi connectivity index (χ0v) is 16.4. The highest BCUT2D eigenvalue weighted by molar-refractivity contribution is 5.98. The molecule has 1 amide bonds. The second kappa shape index (κ2) is 10.1. The molecule has 0 spiro atoms. The summed E-state index contributed by atoms with van der Waals surface area (Å²) in [5.41, 5.74) is 7.05. The second-order valence-electron chi connectivity index (χ2n) is 6.54. The van der Waals surface area contributed by atoms with E-state index in [0.717, 1.165) is 42.3 Å². The van der Waals surface area contributed by atoms with Crippen molar-refractivity contribution in [2.24, 2.45) is 0 Å². The summed E-state index contributed by atoms with van der Waals surface area (Å²) in [5.74, 6) is 2.26. The molecule has 6 nitrogen and oxygen atoms in total. The van der Waals surface area contributed by atoms with Gasteiger partial charge in [-0.1, -0.05) is 25.5 Å². The highest BCUT2D eigenvalue weighted by atomic mass is 16.5. The van der Waals surface area contributed by atoms with Gasteiger partial charge < -0.3 is 20.5 Å².